The Hall–Kier alpha value is -3.05. The Morgan fingerprint density at radius 2 is 1.69 bits per heavy atom. The van der Waals surface area contributed by atoms with Gasteiger partial charge in [0, 0.05) is 26.6 Å². The molecule has 4 rings (SSSR count). The molecule has 0 saturated heterocycles. The van der Waals surface area contributed by atoms with Crippen LogP contribution in [-0.2, 0) is 0 Å². The van der Waals surface area contributed by atoms with E-state index in [2.05, 4.69) is 20.9 Å². The first-order valence-electron chi connectivity index (χ1n) is 8.12. The molecule has 0 spiro atoms. The smallest absolute Gasteiger partial charge is 0.199 e. The summed E-state index contributed by atoms with van der Waals surface area (Å²) in [6, 6.07) is 23.0. The van der Waals surface area contributed by atoms with Crippen LogP contribution in [-0.4, -0.2) is 15.8 Å². The van der Waals surface area contributed by atoms with E-state index in [1.165, 1.54) is 0 Å². The van der Waals surface area contributed by atoms with Crippen molar-refractivity contribution in [1.82, 2.24) is 4.98 Å². The summed E-state index contributed by atoms with van der Waals surface area (Å²) in [6.07, 6.45) is 0. The number of H-pyrrole nitrogens is 1. The van der Waals surface area contributed by atoms with Gasteiger partial charge in [-0.3, -0.25) is 0 Å². The first-order chi connectivity index (χ1) is 12.6. The van der Waals surface area contributed by atoms with E-state index in [0.29, 0.717) is 17.0 Å². The topological polar surface area (TPSA) is 74.4 Å². The van der Waals surface area contributed by atoms with Gasteiger partial charge in [-0.05, 0) is 42.5 Å². The number of halogens is 1. The van der Waals surface area contributed by atoms with Gasteiger partial charge < -0.3 is 15.8 Å². The molecule has 4 aromatic rings. The number of aromatic nitrogens is 1. The molecule has 1 aromatic heterocycles. The zero-order valence-electron chi connectivity index (χ0n) is 13.8. The lowest BCUT2D eigenvalue weighted by Gasteiger charge is -2.08. The number of hydrogen-bond donors (Lipinski definition) is 3. The third-order valence-electron chi connectivity index (χ3n) is 4.15. The highest BCUT2D eigenvalue weighted by Gasteiger charge is 2.18. The number of hydrogen-bond acceptors (Lipinski definition) is 3. The summed E-state index contributed by atoms with van der Waals surface area (Å²) in [7, 11) is 0. The van der Waals surface area contributed by atoms with E-state index >= 15 is 0 Å². The van der Waals surface area contributed by atoms with Gasteiger partial charge in [-0.1, -0.05) is 46.3 Å². The minimum atomic E-state index is 0.0744. The van der Waals surface area contributed by atoms with Gasteiger partial charge in [0.05, 0.1) is 17.0 Å². The zero-order chi connectivity index (χ0) is 18.1. The number of nitrogens with one attached hydrogen (secondary N) is 1. The van der Waals surface area contributed by atoms with Crippen LogP contribution in [0.15, 0.2) is 82.3 Å². The molecule has 0 aliphatic heterocycles. The Bertz CT molecular complexity index is 1100. The number of rotatable bonds is 3. The summed E-state index contributed by atoms with van der Waals surface area (Å²) in [6.45, 7) is 0. The van der Waals surface area contributed by atoms with Crippen LogP contribution in [0, 0.1) is 0 Å². The summed E-state index contributed by atoms with van der Waals surface area (Å²) in [5, 5.41) is 11.4. The summed E-state index contributed by atoms with van der Waals surface area (Å²) >= 11 is 3.44. The highest BCUT2D eigenvalue weighted by atomic mass is 79.9. The Morgan fingerprint density at radius 1 is 0.962 bits per heavy atom. The maximum atomic E-state index is 10.6. The van der Waals surface area contributed by atoms with Crippen molar-refractivity contribution in [2.75, 3.05) is 5.73 Å². The Kier molecular flexibility index (Phi) is 4.22. The fraction of sp³-hybridized carbons (Fsp3) is 0. The Balaban J connectivity index is 1.99. The molecule has 128 valence electrons. The molecule has 0 unspecified atom stereocenters. The van der Waals surface area contributed by atoms with E-state index in [1.54, 1.807) is 6.07 Å². The second kappa shape index (κ2) is 6.69. The molecule has 1 heterocycles. The molecule has 3 aromatic carbocycles. The van der Waals surface area contributed by atoms with Crippen molar-refractivity contribution in [3.05, 3.63) is 88.4 Å². The third-order valence-corrected chi connectivity index (χ3v) is 4.68. The highest BCUT2D eigenvalue weighted by molar-refractivity contribution is 9.10. The van der Waals surface area contributed by atoms with Gasteiger partial charge in [0.1, 0.15) is 0 Å². The van der Waals surface area contributed by atoms with Crippen LogP contribution >= 0.6 is 15.9 Å². The van der Waals surface area contributed by atoms with Gasteiger partial charge >= 0.3 is 0 Å². The lowest BCUT2D eigenvalue weighted by molar-refractivity contribution is 0.457. The van der Waals surface area contributed by atoms with Gasteiger partial charge in [0.25, 0.3) is 0 Å². The molecule has 4 N–H and O–H groups in total. The minimum Gasteiger partial charge on any atom is -0.494 e. The molecule has 0 saturated carbocycles. The van der Waals surface area contributed by atoms with Crippen molar-refractivity contribution in [1.29, 1.82) is 0 Å². The fourth-order valence-electron chi connectivity index (χ4n) is 2.94. The summed E-state index contributed by atoms with van der Waals surface area (Å²) in [4.78, 5) is 7.84. The minimum absolute atomic E-state index is 0.0744. The van der Waals surface area contributed by atoms with E-state index in [0.717, 1.165) is 26.6 Å². The number of aliphatic imine (C=N–C) groups is 1. The van der Waals surface area contributed by atoms with Crippen molar-refractivity contribution in [2.24, 2.45) is 4.99 Å². The molecule has 26 heavy (non-hydrogen) atoms. The number of anilines is 1. The van der Waals surface area contributed by atoms with Crippen LogP contribution in [0.5, 0.6) is 5.88 Å². The maximum Gasteiger partial charge on any atom is 0.199 e. The van der Waals surface area contributed by atoms with Crippen LogP contribution in [0.3, 0.4) is 0 Å². The number of fused-ring (bicyclic) bond motifs is 1. The van der Waals surface area contributed by atoms with Crippen molar-refractivity contribution in [3.8, 4) is 5.88 Å². The molecule has 0 amide bonds. The quantitative estimate of drug-likeness (QED) is 0.315. The monoisotopic (exact) mass is 405 g/mol. The molecule has 5 heteroatoms. The first-order valence-corrected chi connectivity index (χ1v) is 8.91. The standard InChI is InChI=1S/C21H16BrN3O/c22-14-6-9-16(10-7-14)24-20(13-4-2-1-3-5-13)19-17-12-15(23)8-11-18(17)25-21(19)26/h1-12,25-26H,23H2. The molecule has 0 atom stereocenters. The van der Waals surface area contributed by atoms with Gasteiger partial charge in [-0.25, -0.2) is 4.99 Å². The highest BCUT2D eigenvalue weighted by Crippen LogP contribution is 2.32. The normalized spacial score (nSPS) is 11.8. The van der Waals surface area contributed by atoms with Crippen LogP contribution in [0.2, 0.25) is 0 Å². The van der Waals surface area contributed by atoms with E-state index in [9.17, 15) is 5.11 Å². The largest absolute Gasteiger partial charge is 0.494 e. The zero-order valence-corrected chi connectivity index (χ0v) is 15.4. The van der Waals surface area contributed by atoms with Crippen LogP contribution in [0.4, 0.5) is 11.4 Å². The number of aromatic hydroxyl groups is 1. The lowest BCUT2D eigenvalue weighted by atomic mass is 10.0. The van der Waals surface area contributed by atoms with E-state index in [-0.39, 0.29) is 5.88 Å². The number of nitrogens with zero attached hydrogens (tertiary/aromatic N) is 1. The molecule has 4 nitrogen and oxygen atoms in total. The van der Waals surface area contributed by atoms with Gasteiger partial charge in [-0.2, -0.15) is 0 Å². The summed E-state index contributed by atoms with van der Waals surface area (Å²) in [5.41, 5.74) is 10.4. The predicted octanol–water partition coefficient (Wildman–Crippen LogP) is 5.39. The number of nitrogens with two attached hydrogens (primary N) is 1. The molecule has 0 aliphatic rings. The van der Waals surface area contributed by atoms with E-state index < -0.39 is 0 Å². The number of aromatic amines is 1. The average Bonchev–Trinajstić information content (AvgIpc) is 2.97. The van der Waals surface area contributed by atoms with E-state index in [1.807, 2.05) is 66.7 Å². The Morgan fingerprint density at radius 3 is 2.42 bits per heavy atom. The second-order valence-electron chi connectivity index (χ2n) is 5.96. The lowest BCUT2D eigenvalue weighted by Crippen LogP contribution is -2.03. The molecular formula is C21H16BrN3O. The average molecular weight is 406 g/mol. The predicted molar refractivity (Wildman–Crippen MR) is 110 cm³/mol. The van der Waals surface area contributed by atoms with Crippen molar-refractivity contribution in [2.45, 2.75) is 0 Å². The number of benzene rings is 3. The maximum absolute atomic E-state index is 10.6. The van der Waals surface area contributed by atoms with Crippen molar-refractivity contribution < 1.29 is 5.11 Å². The second-order valence-corrected chi connectivity index (χ2v) is 6.87. The number of nitrogen functional groups attached to an aromatic ring is 1. The molecular weight excluding hydrogens is 390 g/mol. The van der Waals surface area contributed by atoms with E-state index in [4.69, 9.17) is 10.7 Å². The SMILES string of the molecule is Nc1ccc2[nH]c(O)c(C(=Nc3ccc(Br)cc3)c3ccccc3)c2c1. The van der Waals surface area contributed by atoms with Crippen LogP contribution < -0.4 is 5.73 Å². The first kappa shape index (κ1) is 16.4. The summed E-state index contributed by atoms with van der Waals surface area (Å²) < 4.78 is 0.987. The van der Waals surface area contributed by atoms with Crippen LogP contribution in [0.1, 0.15) is 11.1 Å². The van der Waals surface area contributed by atoms with Crippen LogP contribution in [0.25, 0.3) is 10.9 Å². The van der Waals surface area contributed by atoms with Gasteiger partial charge in [0.15, 0.2) is 5.88 Å². The molecule has 0 radical (unpaired) electrons. The molecule has 0 fully saturated rings. The molecule has 0 aliphatic carbocycles. The Labute approximate surface area is 159 Å². The summed E-state index contributed by atoms with van der Waals surface area (Å²) in [5.74, 6) is 0.0744. The molecule has 0 bridgehead atoms. The van der Waals surface area contributed by atoms with Crippen molar-refractivity contribution in [3.63, 3.8) is 0 Å². The van der Waals surface area contributed by atoms with Gasteiger partial charge in [-0.15, -0.1) is 0 Å². The fourth-order valence-corrected chi connectivity index (χ4v) is 3.20. The third kappa shape index (κ3) is 3.09. The van der Waals surface area contributed by atoms with Gasteiger partial charge in [0.2, 0.25) is 0 Å². The van der Waals surface area contributed by atoms with Crippen molar-refractivity contribution >= 4 is 43.9 Å².